The van der Waals surface area contributed by atoms with Crippen LogP contribution < -0.4 is 0 Å². The minimum Gasteiger partial charge on any atom is -0.372 e. The lowest BCUT2D eigenvalue weighted by Gasteiger charge is -2.32. The van der Waals surface area contributed by atoms with Crippen LogP contribution in [0.4, 0.5) is 13.2 Å². The van der Waals surface area contributed by atoms with E-state index in [1.807, 2.05) is 0 Å². The average Bonchev–Trinajstić information content (AvgIpc) is 2.25. The molecule has 0 N–H and O–H groups in total. The lowest BCUT2D eigenvalue weighted by atomic mass is 10.1. The first-order chi connectivity index (χ1) is 7.76. The highest BCUT2D eigenvalue weighted by Gasteiger charge is 2.36. The van der Waals surface area contributed by atoms with Gasteiger partial charge in [0.05, 0.1) is 0 Å². The molecule has 17 heavy (non-hydrogen) atoms. The van der Waals surface area contributed by atoms with E-state index in [4.69, 9.17) is 4.74 Å². The number of hydrogen-bond acceptors (Lipinski definition) is 2. The van der Waals surface area contributed by atoms with E-state index in [-0.39, 0.29) is 0 Å². The Balaban J connectivity index is 4.90. The second-order valence-electron chi connectivity index (χ2n) is 3.93. The first-order valence-corrected chi connectivity index (χ1v) is 5.66. The quantitative estimate of drug-likeness (QED) is 0.730. The number of amides is 1. The van der Waals surface area contributed by atoms with Crippen molar-refractivity contribution in [3.8, 4) is 0 Å². The Bertz CT molecular complexity index is 239. The highest BCUT2D eigenvalue weighted by Crippen LogP contribution is 2.21. The van der Waals surface area contributed by atoms with Crippen LogP contribution in [0.5, 0.6) is 0 Å². The van der Waals surface area contributed by atoms with Crippen molar-refractivity contribution >= 4 is 5.91 Å². The van der Waals surface area contributed by atoms with E-state index < -0.39 is 30.8 Å². The van der Waals surface area contributed by atoms with Crippen LogP contribution in [-0.2, 0) is 9.53 Å². The van der Waals surface area contributed by atoms with Crippen LogP contribution in [0.25, 0.3) is 0 Å². The molecule has 3 nitrogen and oxygen atoms in total. The second-order valence-corrected chi connectivity index (χ2v) is 3.93. The highest BCUT2D eigenvalue weighted by molar-refractivity contribution is 5.80. The summed E-state index contributed by atoms with van der Waals surface area (Å²) in [5.74, 6) is -0.612. The summed E-state index contributed by atoms with van der Waals surface area (Å²) in [4.78, 5) is 12.7. The number of ether oxygens (including phenoxy) is 1. The van der Waals surface area contributed by atoms with Crippen LogP contribution in [0.3, 0.4) is 0 Å². The molecule has 0 spiro atoms. The zero-order valence-corrected chi connectivity index (χ0v) is 10.7. The van der Waals surface area contributed by atoms with Crippen LogP contribution in [0.1, 0.15) is 33.6 Å². The fraction of sp³-hybridized carbons (Fsp3) is 0.909. The minimum absolute atomic E-state index is 0.401. The third-order valence-electron chi connectivity index (χ3n) is 2.72. The molecule has 0 aliphatic heterocycles. The molecule has 0 aromatic rings. The number of carbonyl (C=O) groups excluding carboxylic acids is 1. The molecular weight excluding hydrogens is 235 g/mol. The van der Waals surface area contributed by atoms with Gasteiger partial charge in [-0.15, -0.1) is 0 Å². The van der Waals surface area contributed by atoms with Gasteiger partial charge in [0.15, 0.2) is 0 Å². The van der Waals surface area contributed by atoms with Gasteiger partial charge < -0.3 is 9.64 Å². The molecule has 0 saturated heterocycles. The topological polar surface area (TPSA) is 29.5 Å². The van der Waals surface area contributed by atoms with Crippen molar-refractivity contribution in [1.29, 1.82) is 0 Å². The van der Waals surface area contributed by atoms with E-state index in [1.165, 1.54) is 14.0 Å². The molecule has 0 bridgehead atoms. The van der Waals surface area contributed by atoms with Gasteiger partial charge in [-0.1, -0.05) is 13.8 Å². The Labute approximate surface area is 99.9 Å². The summed E-state index contributed by atoms with van der Waals surface area (Å²) in [7, 11) is 1.31. The zero-order valence-electron chi connectivity index (χ0n) is 10.7. The fourth-order valence-electron chi connectivity index (χ4n) is 1.64. The maximum Gasteiger partial charge on any atom is 0.406 e. The van der Waals surface area contributed by atoms with Crippen LogP contribution in [0, 0.1) is 0 Å². The number of halogens is 3. The number of rotatable bonds is 6. The van der Waals surface area contributed by atoms with Gasteiger partial charge in [0, 0.05) is 13.2 Å². The summed E-state index contributed by atoms with van der Waals surface area (Å²) in [6, 6.07) is -0.401. The van der Waals surface area contributed by atoms with Crippen LogP contribution >= 0.6 is 0 Å². The van der Waals surface area contributed by atoms with Crippen molar-refractivity contribution in [1.82, 2.24) is 4.90 Å². The molecule has 0 aliphatic carbocycles. The Morgan fingerprint density at radius 2 is 1.76 bits per heavy atom. The molecule has 0 saturated carbocycles. The second kappa shape index (κ2) is 6.83. The van der Waals surface area contributed by atoms with Crippen molar-refractivity contribution < 1.29 is 22.7 Å². The molecule has 0 aromatic carbocycles. The van der Waals surface area contributed by atoms with E-state index in [1.54, 1.807) is 13.8 Å². The number of alkyl halides is 3. The average molecular weight is 255 g/mol. The van der Waals surface area contributed by atoms with E-state index >= 15 is 0 Å². The molecule has 0 radical (unpaired) electrons. The molecular formula is C11H20F3NO2. The summed E-state index contributed by atoms with van der Waals surface area (Å²) in [5, 5.41) is 0. The van der Waals surface area contributed by atoms with Gasteiger partial charge in [-0.25, -0.2) is 0 Å². The van der Waals surface area contributed by atoms with Crippen molar-refractivity contribution in [2.45, 2.75) is 51.9 Å². The standard InChI is InChI=1S/C11H20F3NO2/c1-5-9(6-2)15(7-11(12,13)14)10(16)8(3)17-4/h8-9H,5-7H2,1-4H3. The Hall–Kier alpha value is -0.780. The molecule has 0 rings (SSSR count). The van der Waals surface area contributed by atoms with Gasteiger partial charge in [-0.3, -0.25) is 4.79 Å². The van der Waals surface area contributed by atoms with Gasteiger partial charge in [-0.05, 0) is 19.8 Å². The number of hydrogen-bond donors (Lipinski definition) is 0. The molecule has 1 unspecified atom stereocenters. The van der Waals surface area contributed by atoms with Crippen LogP contribution in [0.2, 0.25) is 0 Å². The normalized spacial score (nSPS) is 13.9. The summed E-state index contributed by atoms with van der Waals surface area (Å²) in [6.07, 6.45) is -4.24. The van der Waals surface area contributed by atoms with Gasteiger partial charge >= 0.3 is 6.18 Å². The molecule has 102 valence electrons. The summed E-state index contributed by atoms with van der Waals surface area (Å²) >= 11 is 0. The summed E-state index contributed by atoms with van der Waals surface area (Å²) < 4.78 is 42.1. The molecule has 1 atom stereocenters. The third kappa shape index (κ3) is 5.39. The van der Waals surface area contributed by atoms with Crippen molar-refractivity contribution in [3.05, 3.63) is 0 Å². The molecule has 6 heteroatoms. The van der Waals surface area contributed by atoms with E-state index in [0.717, 1.165) is 4.90 Å². The van der Waals surface area contributed by atoms with Gasteiger partial charge in [-0.2, -0.15) is 13.2 Å². The Kier molecular flexibility index (Phi) is 6.52. The smallest absolute Gasteiger partial charge is 0.372 e. The Morgan fingerprint density at radius 1 is 1.29 bits per heavy atom. The predicted octanol–water partition coefficient (Wildman–Crippen LogP) is 2.60. The molecule has 0 fully saturated rings. The van der Waals surface area contributed by atoms with Crippen molar-refractivity contribution in [2.24, 2.45) is 0 Å². The maximum absolute atomic E-state index is 12.4. The molecule has 1 amide bonds. The maximum atomic E-state index is 12.4. The predicted molar refractivity (Wildman–Crippen MR) is 58.6 cm³/mol. The lowest BCUT2D eigenvalue weighted by Crippen LogP contribution is -2.49. The highest BCUT2D eigenvalue weighted by atomic mass is 19.4. The van der Waals surface area contributed by atoms with Gasteiger partial charge in [0.25, 0.3) is 5.91 Å². The fourth-order valence-corrected chi connectivity index (χ4v) is 1.64. The largest absolute Gasteiger partial charge is 0.406 e. The van der Waals surface area contributed by atoms with Crippen molar-refractivity contribution in [2.75, 3.05) is 13.7 Å². The van der Waals surface area contributed by atoms with Crippen LogP contribution in [-0.4, -0.2) is 42.8 Å². The minimum atomic E-state index is -4.38. The monoisotopic (exact) mass is 255 g/mol. The molecule has 0 aliphatic rings. The first-order valence-electron chi connectivity index (χ1n) is 5.66. The molecule has 0 aromatic heterocycles. The summed E-state index contributed by atoms with van der Waals surface area (Å²) in [5.41, 5.74) is 0. The third-order valence-corrected chi connectivity index (χ3v) is 2.72. The number of carbonyl (C=O) groups is 1. The number of methoxy groups -OCH3 is 1. The lowest BCUT2D eigenvalue weighted by molar-refractivity contribution is -0.171. The molecule has 0 heterocycles. The van der Waals surface area contributed by atoms with E-state index in [9.17, 15) is 18.0 Å². The van der Waals surface area contributed by atoms with Crippen LogP contribution in [0.15, 0.2) is 0 Å². The van der Waals surface area contributed by atoms with Crippen molar-refractivity contribution in [3.63, 3.8) is 0 Å². The zero-order chi connectivity index (χ0) is 13.6. The van der Waals surface area contributed by atoms with E-state index in [0.29, 0.717) is 12.8 Å². The number of nitrogens with zero attached hydrogens (tertiary/aromatic N) is 1. The van der Waals surface area contributed by atoms with E-state index in [2.05, 4.69) is 0 Å². The van der Waals surface area contributed by atoms with Gasteiger partial charge in [0.1, 0.15) is 12.6 Å². The SMILES string of the molecule is CCC(CC)N(CC(F)(F)F)C(=O)C(C)OC. The Morgan fingerprint density at radius 3 is 2.06 bits per heavy atom. The van der Waals surface area contributed by atoms with Gasteiger partial charge in [0.2, 0.25) is 0 Å². The summed E-state index contributed by atoms with van der Waals surface area (Å²) in [6.45, 7) is 3.77. The first kappa shape index (κ1) is 16.2.